The fourth-order valence-electron chi connectivity index (χ4n) is 2.92. The van der Waals surface area contributed by atoms with E-state index in [0.29, 0.717) is 0 Å². The summed E-state index contributed by atoms with van der Waals surface area (Å²) in [6.07, 6.45) is 2.67. The minimum Gasteiger partial charge on any atom is -0.379 e. The van der Waals surface area contributed by atoms with Crippen LogP contribution in [0.1, 0.15) is 33.5 Å². The van der Waals surface area contributed by atoms with E-state index in [1.165, 1.54) is 0 Å². The molecule has 1 aromatic rings. The molecule has 1 saturated heterocycles. The Hall–Kier alpha value is -0.940. The smallest absolute Gasteiger partial charge is 0.191 e. The first kappa shape index (κ1) is 23.1. The van der Waals surface area contributed by atoms with Crippen LogP contribution in [0.4, 0.5) is 0 Å². The second kappa shape index (κ2) is 11.7. The average molecular weight is 479 g/mol. The number of nitrogens with zero attached hydrogens (tertiary/aromatic N) is 5. The van der Waals surface area contributed by atoms with Crippen molar-refractivity contribution in [1.82, 2.24) is 30.3 Å². The van der Waals surface area contributed by atoms with E-state index in [4.69, 9.17) is 9.73 Å². The number of aliphatic imine (C=N–C) groups is 1. The SMILES string of the molecule is CCNC(=NCC(C)(C)N1CCOCC1)NCCn1cnnc1CC.I. The van der Waals surface area contributed by atoms with Crippen molar-refractivity contribution in [1.29, 1.82) is 0 Å². The monoisotopic (exact) mass is 479 g/mol. The lowest BCUT2D eigenvalue weighted by molar-refractivity contribution is -0.00683. The molecule has 0 unspecified atom stereocenters. The average Bonchev–Trinajstić information content (AvgIpc) is 3.08. The lowest BCUT2D eigenvalue weighted by atomic mass is 10.0. The highest BCUT2D eigenvalue weighted by molar-refractivity contribution is 14.0. The lowest BCUT2D eigenvalue weighted by Crippen LogP contribution is -2.52. The zero-order chi connectivity index (χ0) is 18.1. The molecular formula is C17H34IN7O. The van der Waals surface area contributed by atoms with Gasteiger partial charge in [0.15, 0.2) is 5.96 Å². The first-order valence-electron chi connectivity index (χ1n) is 9.28. The maximum Gasteiger partial charge on any atom is 0.191 e. The Labute approximate surface area is 174 Å². The van der Waals surface area contributed by atoms with Gasteiger partial charge in [-0.3, -0.25) is 9.89 Å². The molecule has 1 fully saturated rings. The zero-order valence-electron chi connectivity index (χ0n) is 16.5. The van der Waals surface area contributed by atoms with Crippen LogP contribution in [0.15, 0.2) is 11.3 Å². The van der Waals surface area contributed by atoms with Crippen LogP contribution in [0.2, 0.25) is 0 Å². The summed E-state index contributed by atoms with van der Waals surface area (Å²) in [4.78, 5) is 7.25. The van der Waals surface area contributed by atoms with Crippen LogP contribution in [-0.2, 0) is 17.7 Å². The molecule has 26 heavy (non-hydrogen) atoms. The number of ether oxygens (including phenoxy) is 1. The summed E-state index contributed by atoms with van der Waals surface area (Å²) < 4.78 is 7.53. The van der Waals surface area contributed by atoms with Crippen molar-refractivity contribution in [2.45, 2.75) is 46.2 Å². The Morgan fingerprint density at radius 1 is 1.27 bits per heavy atom. The van der Waals surface area contributed by atoms with Gasteiger partial charge in [0, 0.05) is 44.7 Å². The van der Waals surface area contributed by atoms with Crippen LogP contribution in [0.25, 0.3) is 0 Å². The standard InChI is InChI=1S/C17H33N7O.HI/c1-5-15-22-21-14-23(15)8-7-19-16(18-6-2)20-13-17(3,4)24-9-11-25-12-10-24;/h14H,5-13H2,1-4H3,(H2,18,19,20);1H. The Morgan fingerprint density at radius 3 is 2.65 bits per heavy atom. The van der Waals surface area contributed by atoms with Gasteiger partial charge in [0.25, 0.3) is 0 Å². The molecule has 150 valence electrons. The highest BCUT2D eigenvalue weighted by Crippen LogP contribution is 2.16. The number of aryl methyl sites for hydroxylation is 1. The van der Waals surface area contributed by atoms with Crippen molar-refractivity contribution in [3.8, 4) is 0 Å². The van der Waals surface area contributed by atoms with Crippen LogP contribution in [0, 0.1) is 0 Å². The van der Waals surface area contributed by atoms with Crippen LogP contribution in [0.3, 0.4) is 0 Å². The molecule has 1 aromatic heterocycles. The minimum absolute atomic E-state index is 0. The van der Waals surface area contributed by atoms with E-state index in [1.807, 2.05) is 0 Å². The van der Waals surface area contributed by atoms with Gasteiger partial charge < -0.3 is 19.9 Å². The second-order valence-electron chi connectivity index (χ2n) is 6.83. The highest BCUT2D eigenvalue weighted by Gasteiger charge is 2.28. The number of guanidine groups is 1. The minimum atomic E-state index is 0. The molecule has 0 amide bonds. The first-order valence-corrected chi connectivity index (χ1v) is 9.28. The van der Waals surface area contributed by atoms with E-state index >= 15 is 0 Å². The summed E-state index contributed by atoms with van der Waals surface area (Å²) in [6.45, 7) is 15.4. The molecule has 1 aliphatic rings. The van der Waals surface area contributed by atoms with E-state index < -0.39 is 0 Å². The van der Waals surface area contributed by atoms with Crippen molar-refractivity contribution < 1.29 is 4.74 Å². The number of nitrogens with one attached hydrogen (secondary N) is 2. The van der Waals surface area contributed by atoms with E-state index in [2.05, 4.69) is 58.0 Å². The molecule has 8 nitrogen and oxygen atoms in total. The predicted molar refractivity (Wildman–Crippen MR) is 115 cm³/mol. The summed E-state index contributed by atoms with van der Waals surface area (Å²) in [5, 5.41) is 14.8. The molecule has 0 spiro atoms. The van der Waals surface area contributed by atoms with E-state index in [0.717, 1.165) is 70.7 Å². The molecule has 0 aliphatic carbocycles. The summed E-state index contributed by atoms with van der Waals surface area (Å²) in [6, 6.07) is 0. The van der Waals surface area contributed by atoms with E-state index in [1.54, 1.807) is 6.33 Å². The largest absolute Gasteiger partial charge is 0.379 e. The molecule has 9 heteroatoms. The van der Waals surface area contributed by atoms with Gasteiger partial charge in [0.05, 0.1) is 19.8 Å². The van der Waals surface area contributed by atoms with Gasteiger partial charge in [-0.05, 0) is 20.8 Å². The van der Waals surface area contributed by atoms with Gasteiger partial charge in [0.2, 0.25) is 0 Å². The van der Waals surface area contributed by atoms with Gasteiger partial charge in [-0.15, -0.1) is 34.2 Å². The molecule has 0 atom stereocenters. The Morgan fingerprint density at radius 2 is 2.00 bits per heavy atom. The second-order valence-corrected chi connectivity index (χ2v) is 6.83. The Kier molecular flexibility index (Phi) is 10.4. The van der Waals surface area contributed by atoms with Crippen molar-refractivity contribution in [3.05, 3.63) is 12.2 Å². The molecule has 0 saturated carbocycles. The molecule has 2 N–H and O–H groups in total. The maximum atomic E-state index is 5.45. The number of morpholine rings is 1. The van der Waals surface area contributed by atoms with Crippen molar-refractivity contribution in [3.63, 3.8) is 0 Å². The summed E-state index contributed by atoms with van der Waals surface area (Å²) in [7, 11) is 0. The Balaban J connectivity index is 0.00000338. The van der Waals surface area contributed by atoms with Crippen molar-refractivity contribution in [2.24, 2.45) is 4.99 Å². The number of hydrogen-bond donors (Lipinski definition) is 2. The predicted octanol–water partition coefficient (Wildman–Crippen LogP) is 1.12. The van der Waals surface area contributed by atoms with Gasteiger partial charge in [-0.1, -0.05) is 6.92 Å². The molecular weight excluding hydrogens is 445 g/mol. The van der Waals surface area contributed by atoms with Crippen molar-refractivity contribution in [2.75, 3.05) is 45.9 Å². The third kappa shape index (κ3) is 6.99. The number of rotatable bonds is 8. The van der Waals surface area contributed by atoms with Crippen LogP contribution >= 0.6 is 24.0 Å². The van der Waals surface area contributed by atoms with E-state index in [-0.39, 0.29) is 29.5 Å². The van der Waals surface area contributed by atoms with Crippen LogP contribution in [0.5, 0.6) is 0 Å². The quantitative estimate of drug-likeness (QED) is 0.331. The van der Waals surface area contributed by atoms with Crippen LogP contribution in [-0.4, -0.2) is 77.1 Å². The van der Waals surface area contributed by atoms with Gasteiger partial charge >= 0.3 is 0 Å². The number of aromatic nitrogens is 3. The summed E-state index contributed by atoms with van der Waals surface area (Å²) in [5.41, 5.74) is 0.0236. The third-order valence-corrected chi connectivity index (χ3v) is 4.49. The first-order chi connectivity index (χ1) is 12.1. The Bertz CT molecular complexity index is 541. The molecule has 1 aliphatic heterocycles. The highest BCUT2D eigenvalue weighted by atomic mass is 127. The third-order valence-electron chi connectivity index (χ3n) is 4.49. The number of halogens is 1. The van der Waals surface area contributed by atoms with Gasteiger partial charge in [-0.2, -0.15) is 0 Å². The van der Waals surface area contributed by atoms with Gasteiger partial charge in [0.1, 0.15) is 12.2 Å². The normalized spacial score (nSPS) is 16.2. The fourth-order valence-corrected chi connectivity index (χ4v) is 2.92. The molecule has 2 rings (SSSR count). The van der Waals surface area contributed by atoms with Crippen molar-refractivity contribution >= 4 is 29.9 Å². The zero-order valence-corrected chi connectivity index (χ0v) is 18.8. The lowest BCUT2D eigenvalue weighted by Gasteiger charge is -2.39. The van der Waals surface area contributed by atoms with Crippen LogP contribution < -0.4 is 10.6 Å². The summed E-state index contributed by atoms with van der Waals surface area (Å²) >= 11 is 0. The molecule has 2 heterocycles. The topological polar surface area (TPSA) is 79.6 Å². The number of hydrogen-bond acceptors (Lipinski definition) is 5. The van der Waals surface area contributed by atoms with E-state index in [9.17, 15) is 0 Å². The molecule has 0 bridgehead atoms. The molecule has 0 aromatic carbocycles. The fraction of sp³-hybridized carbons (Fsp3) is 0.824. The molecule has 0 radical (unpaired) electrons. The maximum absolute atomic E-state index is 5.45. The summed E-state index contributed by atoms with van der Waals surface area (Å²) in [5.74, 6) is 1.87. The van der Waals surface area contributed by atoms with Gasteiger partial charge in [-0.25, -0.2) is 0 Å².